The van der Waals surface area contributed by atoms with Crippen LogP contribution in [0.1, 0.15) is 21.6 Å². The van der Waals surface area contributed by atoms with Crippen molar-refractivity contribution in [2.45, 2.75) is 18.4 Å². The lowest BCUT2D eigenvalue weighted by Gasteiger charge is -2.35. The number of aromatic nitrogens is 1. The van der Waals surface area contributed by atoms with Crippen molar-refractivity contribution in [2.24, 2.45) is 0 Å². The Bertz CT molecular complexity index is 935. The van der Waals surface area contributed by atoms with Crippen LogP contribution in [0.3, 0.4) is 0 Å². The fraction of sp³-hybridized carbons (Fsp3) is 0.263. The molecule has 0 spiro atoms. The molecule has 0 saturated carbocycles. The first-order valence-corrected chi connectivity index (χ1v) is 8.54. The number of Topliss-reactive ketones (excluding diaryl/α,β-unsaturated/α-hetero) is 1. The molecule has 1 saturated heterocycles. The van der Waals surface area contributed by atoms with Gasteiger partial charge in [-0.25, -0.2) is 0 Å². The number of ketones is 1. The largest absolute Gasteiger partial charge is 0.508 e. The summed E-state index contributed by atoms with van der Waals surface area (Å²) in [6, 6.07) is 9.70. The number of benzene rings is 1. The first-order valence-electron chi connectivity index (χ1n) is 8.16. The monoisotopic (exact) mass is 385 g/mol. The number of phenols is 1. The van der Waals surface area contributed by atoms with Crippen molar-refractivity contribution in [1.29, 1.82) is 5.26 Å². The standard InChI is InChI=1S/C19H16ClN3O4/c20-14-1-2-17(25)13(7-14)8-15(24)5-12-3-4-22-16(6-12)18(26)23-19(9-21)10-27-11-19/h1-4,6-7,25H,5,8,10-11H2,(H,23,26). The summed E-state index contributed by atoms with van der Waals surface area (Å²) in [5, 5.41) is 22.0. The second-order valence-corrected chi connectivity index (χ2v) is 6.79. The summed E-state index contributed by atoms with van der Waals surface area (Å²) in [5.74, 6) is -0.639. The number of nitrogens with zero attached hydrogens (tertiary/aromatic N) is 2. The van der Waals surface area contributed by atoms with E-state index in [0.717, 1.165) is 0 Å². The minimum atomic E-state index is -1.02. The van der Waals surface area contributed by atoms with Crippen LogP contribution in [0.4, 0.5) is 0 Å². The number of hydrogen-bond donors (Lipinski definition) is 2. The van der Waals surface area contributed by atoms with E-state index in [1.54, 1.807) is 18.2 Å². The Hall–Kier alpha value is -2.95. The molecule has 0 radical (unpaired) electrons. The number of carbonyl (C=O) groups excluding carboxylic acids is 2. The van der Waals surface area contributed by atoms with Gasteiger partial charge in [-0.3, -0.25) is 14.6 Å². The molecule has 0 bridgehead atoms. The molecule has 7 nitrogen and oxygen atoms in total. The maximum absolute atomic E-state index is 12.3. The minimum absolute atomic E-state index is 0.00654. The smallest absolute Gasteiger partial charge is 0.271 e. The Morgan fingerprint density at radius 2 is 2.07 bits per heavy atom. The third kappa shape index (κ3) is 4.42. The van der Waals surface area contributed by atoms with Gasteiger partial charge in [-0.2, -0.15) is 5.26 Å². The van der Waals surface area contributed by atoms with Crippen LogP contribution >= 0.6 is 11.6 Å². The van der Waals surface area contributed by atoms with Gasteiger partial charge in [0.1, 0.15) is 17.2 Å². The van der Waals surface area contributed by atoms with Gasteiger partial charge in [-0.15, -0.1) is 0 Å². The summed E-state index contributed by atoms with van der Waals surface area (Å²) in [5.41, 5.74) is 0.153. The fourth-order valence-electron chi connectivity index (χ4n) is 2.66. The quantitative estimate of drug-likeness (QED) is 0.784. The van der Waals surface area contributed by atoms with Gasteiger partial charge < -0.3 is 15.2 Å². The van der Waals surface area contributed by atoms with E-state index in [0.29, 0.717) is 16.1 Å². The fourth-order valence-corrected chi connectivity index (χ4v) is 2.85. The van der Waals surface area contributed by atoms with Crippen LogP contribution in [0.25, 0.3) is 0 Å². The number of hydrogen-bond acceptors (Lipinski definition) is 6. The summed E-state index contributed by atoms with van der Waals surface area (Å²) < 4.78 is 4.98. The van der Waals surface area contributed by atoms with Gasteiger partial charge in [0.15, 0.2) is 5.54 Å². The summed E-state index contributed by atoms with van der Waals surface area (Å²) >= 11 is 5.89. The Morgan fingerprint density at radius 1 is 1.30 bits per heavy atom. The van der Waals surface area contributed by atoms with Gasteiger partial charge in [0.05, 0.1) is 19.3 Å². The highest BCUT2D eigenvalue weighted by molar-refractivity contribution is 6.30. The third-order valence-electron chi connectivity index (χ3n) is 4.15. The van der Waals surface area contributed by atoms with Crippen molar-refractivity contribution >= 4 is 23.3 Å². The number of nitrogens with one attached hydrogen (secondary N) is 1. The van der Waals surface area contributed by atoms with E-state index in [4.69, 9.17) is 21.6 Å². The molecule has 8 heteroatoms. The molecule has 138 valence electrons. The number of phenolic OH excluding ortho intramolecular Hbond substituents is 1. The van der Waals surface area contributed by atoms with Gasteiger partial charge in [0, 0.05) is 29.6 Å². The average Bonchev–Trinajstić information content (AvgIpc) is 2.61. The molecule has 2 heterocycles. The number of carbonyl (C=O) groups is 2. The van der Waals surface area contributed by atoms with Crippen molar-refractivity contribution in [2.75, 3.05) is 13.2 Å². The average molecular weight is 386 g/mol. The van der Waals surface area contributed by atoms with Crippen LogP contribution in [0.15, 0.2) is 36.5 Å². The topological polar surface area (TPSA) is 112 Å². The van der Waals surface area contributed by atoms with Crippen LogP contribution in [0.5, 0.6) is 5.75 Å². The molecule has 1 aliphatic heterocycles. The first kappa shape index (κ1) is 18.8. The number of nitriles is 1. The maximum Gasteiger partial charge on any atom is 0.271 e. The number of halogens is 1. The molecule has 0 aliphatic carbocycles. The second-order valence-electron chi connectivity index (χ2n) is 6.36. The number of pyridine rings is 1. The molecule has 0 unspecified atom stereocenters. The van der Waals surface area contributed by atoms with E-state index in [-0.39, 0.29) is 43.3 Å². The van der Waals surface area contributed by atoms with Crippen LogP contribution < -0.4 is 5.32 Å². The summed E-state index contributed by atoms with van der Waals surface area (Å²) in [6.07, 6.45) is 1.52. The van der Waals surface area contributed by atoms with Crippen molar-refractivity contribution in [3.8, 4) is 11.8 Å². The lowest BCUT2D eigenvalue weighted by molar-refractivity contribution is -0.117. The Balaban J connectivity index is 1.66. The van der Waals surface area contributed by atoms with E-state index < -0.39 is 11.4 Å². The van der Waals surface area contributed by atoms with E-state index >= 15 is 0 Å². The van der Waals surface area contributed by atoms with Crippen LogP contribution in [-0.4, -0.2) is 40.5 Å². The lowest BCUT2D eigenvalue weighted by Crippen LogP contribution is -2.61. The second kappa shape index (κ2) is 7.74. The zero-order valence-corrected chi connectivity index (χ0v) is 15.0. The third-order valence-corrected chi connectivity index (χ3v) is 4.39. The highest BCUT2D eigenvalue weighted by Crippen LogP contribution is 2.22. The van der Waals surface area contributed by atoms with Gasteiger partial charge in [-0.1, -0.05) is 11.6 Å². The summed E-state index contributed by atoms with van der Waals surface area (Å²) in [4.78, 5) is 28.6. The minimum Gasteiger partial charge on any atom is -0.508 e. The van der Waals surface area contributed by atoms with Gasteiger partial charge in [0.25, 0.3) is 5.91 Å². The SMILES string of the molecule is N#CC1(NC(=O)c2cc(CC(=O)Cc3cc(Cl)ccc3O)ccn2)COC1. The number of amides is 1. The number of rotatable bonds is 6. The van der Waals surface area contributed by atoms with Crippen LogP contribution in [0.2, 0.25) is 5.02 Å². The van der Waals surface area contributed by atoms with E-state index in [1.165, 1.54) is 18.3 Å². The molecule has 2 aromatic rings. The maximum atomic E-state index is 12.3. The van der Waals surface area contributed by atoms with Crippen molar-refractivity contribution in [1.82, 2.24) is 10.3 Å². The molecular weight excluding hydrogens is 370 g/mol. The number of ether oxygens (including phenoxy) is 1. The molecule has 0 atom stereocenters. The molecule has 1 aromatic carbocycles. The summed E-state index contributed by atoms with van der Waals surface area (Å²) in [6.45, 7) is 0.271. The molecule has 1 amide bonds. The molecule has 1 aromatic heterocycles. The molecular formula is C19H16ClN3O4. The predicted octanol–water partition coefficient (Wildman–Crippen LogP) is 1.82. The first-order chi connectivity index (χ1) is 12.9. The molecule has 1 aliphatic rings. The number of aromatic hydroxyl groups is 1. The van der Waals surface area contributed by atoms with Crippen molar-refractivity contribution < 1.29 is 19.4 Å². The molecule has 2 N–H and O–H groups in total. The van der Waals surface area contributed by atoms with Crippen molar-refractivity contribution in [3.63, 3.8) is 0 Å². The van der Waals surface area contributed by atoms with E-state index in [9.17, 15) is 14.7 Å². The molecule has 3 rings (SSSR count). The van der Waals surface area contributed by atoms with Crippen molar-refractivity contribution in [3.05, 3.63) is 58.4 Å². The Morgan fingerprint density at radius 3 is 2.74 bits per heavy atom. The van der Waals surface area contributed by atoms with E-state index in [1.807, 2.05) is 6.07 Å². The zero-order chi connectivity index (χ0) is 19.4. The van der Waals surface area contributed by atoms with Crippen LogP contribution in [0, 0.1) is 11.3 Å². The summed E-state index contributed by atoms with van der Waals surface area (Å²) in [7, 11) is 0. The molecule has 1 fully saturated rings. The predicted molar refractivity (Wildman–Crippen MR) is 96.4 cm³/mol. The Labute approximate surface area is 160 Å². The van der Waals surface area contributed by atoms with E-state index in [2.05, 4.69) is 10.3 Å². The highest BCUT2D eigenvalue weighted by Gasteiger charge is 2.40. The molecule has 27 heavy (non-hydrogen) atoms. The van der Waals surface area contributed by atoms with Crippen LogP contribution in [-0.2, 0) is 22.4 Å². The zero-order valence-electron chi connectivity index (χ0n) is 14.2. The normalized spacial score (nSPS) is 14.7. The van der Waals surface area contributed by atoms with Gasteiger partial charge in [0.2, 0.25) is 0 Å². The lowest BCUT2D eigenvalue weighted by atomic mass is 9.99. The Kier molecular flexibility index (Phi) is 5.40. The van der Waals surface area contributed by atoms with Gasteiger partial charge in [-0.05, 0) is 35.9 Å². The van der Waals surface area contributed by atoms with Gasteiger partial charge >= 0.3 is 0 Å². The highest BCUT2D eigenvalue weighted by atomic mass is 35.5.